The van der Waals surface area contributed by atoms with Crippen LogP contribution in [0.3, 0.4) is 0 Å². The number of nitrogens with zero attached hydrogens (tertiary/aromatic N) is 4. The maximum Gasteiger partial charge on any atom is 0.191 e. The van der Waals surface area contributed by atoms with Crippen LogP contribution >= 0.6 is 11.8 Å². The lowest BCUT2D eigenvalue weighted by molar-refractivity contribution is 0.0988. The second kappa shape index (κ2) is 7.87. The van der Waals surface area contributed by atoms with E-state index in [9.17, 15) is 4.79 Å². The smallest absolute Gasteiger partial charge is 0.191 e. The molecule has 1 aromatic carbocycles. The van der Waals surface area contributed by atoms with Crippen LogP contribution in [-0.2, 0) is 13.5 Å². The van der Waals surface area contributed by atoms with E-state index >= 15 is 0 Å². The van der Waals surface area contributed by atoms with Gasteiger partial charge in [0.05, 0.1) is 0 Å². The van der Waals surface area contributed by atoms with E-state index < -0.39 is 0 Å². The molecule has 0 N–H and O–H groups in total. The molecular weight excluding hydrogens is 368 g/mol. The Balaban J connectivity index is 1.48. The molecule has 0 aliphatic heterocycles. The third-order valence-electron chi connectivity index (χ3n) is 5.18. The number of aromatic nitrogens is 4. The molecule has 1 atom stereocenters. The number of Topliss-reactive ketones (excluding diaryl/α,β-unsaturated/α-hetero) is 1. The van der Waals surface area contributed by atoms with Gasteiger partial charge in [0.1, 0.15) is 12.0 Å². The van der Waals surface area contributed by atoms with Crippen LogP contribution in [0.15, 0.2) is 48.0 Å². The van der Waals surface area contributed by atoms with E-state index in [0.717, 1.165) is 10.7 Å². The van der Waals surface area contributed by atoms with E-state index in [2.05, 4.69) is 41.2 Å². The first-order valence-electron chi connectivity index (χ1n) is 9.60. The van der Waals surface area contributed by atoms with Gasteiger partial charge < -0.3 is 4.57 Å². The van der Waals surface area contributed by atoms with E-state index in [1.54, 1.807) is 18.1 Å². The summed E-state index contributed by atoms with van der Waals surface area (Å²) in [7, 11) is 1.94. The number of aryl methyl sites for hydroxylation is 2. The Morgan fingerprint density at radius 3 is 2.86 bits per heavy atom. The molecule has 0 unspecified atom stereocenters. The molecule has 3 aromatic rings. The van der Waals surface area contributed by atoms with Crippen molar-refractivity contribution in [1.82, 2.24) is 19.7 Å². The van der Waals surface area contributed by atoms with Crippen molar-refractivity contribution in [3.05, 3.63) is 70.8 Å². The van der Waals surface area contributed by atoms with E-state index in [1.165, 1.54) is 29.5 Å². The van der Waals surface area contributed by atoms with Gasteiger partial charge in [-0.15, -0.1) is 10.2 Å². The van der Waals surface area contributed by atoms with Gasteiger partial charge in [-0.2, -0.15) is 0 Å². The number of pyridine rings is 1. The number of benzene rings is 1. The average molecular weight is 393 g/mol. The molecule has 1 saturated carbocycles. The summed E-state index contributed by atoms with van der Waals surface area (Å²) in [6.45, 7) is 4.22. The zero-order valence-corrected chi connectivity index (χ0v) is 17.2. The fourth-order valence-electron chi connectivity index (χ4n) is 3.36. The number of hydrogen-bond acceptors (Lipinski definition) is 5. The minimum Gasteiger partial charge on any atom is -0.312 e. The normalized spacial score (nSPS) is 14.8. The van der Waals surface area contributed by atoms with Gasteiger partial charge in [0, 0.05) is 24.9 Å². The summed E-state index contributed by atoms with van der Waals surface area (Å²) in [6.07, 6.45) is 6.37. The highest BCUT2D eigenvalue weighted by atomic mass is 32.2. The highest BCUT2D eigenvalue weighted by Crippen LogP contribution is 2.41. The molecular formula is C22H24N4OS. The van der Waals surface area contributed by atoms with Crippen LogP contribution in [0.2, 0.25) is 0 Å². The van der Waals surface area contributed by atoms with Crippen LogP contribution in [-0.4, -0.2) is 25.5 Å². The molecule has 5 nitrogen and oxygen atoms in total. The molecule has 0 bridgehead atoms. The van der Waals surface area contributed by atoms with Crippen LogP contribution < -0.4 is 0 Å². The van der Waals surface area contributed by atoms with Gasteiger partial charge in [0.25, 0.3) is 0 Å². The van der Waals surface area contributed by atoms with E-state index in [4.69, 9.17) is 0 Å². The number of rotatable bonds is 7. The summed E-state index contributed by atoms with van der Waals surface area (Å²) in [6, 6.07) is 10.2. The lowest BCUT2D eigenvalue weighted by Gasteiger charge is -2.12. The number of thioether (sulfide) groups is 1. The van der Waals surface area contributed by atoms with Crippen LogP contribution in [0.25, 0.3) is 0 Å². The molecule has 144 valence electrons. The Morgan fingerprint density at radius 1 is 1.32 bits per heavy atom. The van der Waals surface area contributed by atoms with E-state index in [1.807, 2.05) is 36.0 Å². The number of carbonyl (C=O) groups excluding carboxylic acids is 1. The first-order valence-corrected chi connectivity index (χ1v) is 10.5. The summed E-state index contributed by atoms with van der Waals surface area (Å²) < 4.78 is 1.91. The third kappa shape index (κ3) is 4.17. The van der Waals surface area contributed by atoms with Gasteiger partial charge in [-0.3, -0.25) is 9.78 Å². The minimum absolute atomic E-state index is 0.0765. The Bertz CT molecular complexity index is 1010. The molecule has 1 aliphatic rings. The third-order valence-corrected chi connectivity index (χ3v) is 6.39. The summed E-state index contributed by atoms with van der Waals surface area (Å²) in [4.78, 5) is 17.2. The van der Waals surface area contributed by atoms with E-state index in [0.29, 0.717) is 18.0 Å². The molecule has 1 fully saturated rings. The van der Waals surface area contributed by atoms with Gasteiger partial charge in [-0.25, -0.2) is 0 Å². The monoisotopic (exact) mass is 392 g/mol. The van der Waals surface area contributed by atoms with Crippen molar-refractivity contribution in [2.45, 2.75) is 49.4 Å². The van der Waals surface area contributed by atoms with Crippen LogP contribution in [0, 0.1) is 6.92 Å². The van der Waals surface area contributed by atoms with Crippen molar-refractivity contribution < 1.29 is 4.79 Å². The fraction of sp³-hybridized carbons (Fsp3) is 0.364. The van der Waals surface area contributed by atoms with Crippen molar-refractivity contribution in [2.24, 2.45) is 7.05 Å². The Morgan fingerprint density at radius 2 is 2.14 bits per heavy atom. The van der Waals surface area contributed by atoms with Gasteiger partial charge in [-0.1, -0.05) is 36.0 Å². The highest BCUT2D eigenvalue weighted by Gasteiger charge is 2.26. The van der Waals surface area contributed by atoms with Gasteiger partial charge in [0.15, 0.2) is 10.9 Å². The maximum absolute atomic E-state index is 12.8. The molecule has 1 aliphatic carbocycles. The standard InChI is InChI=1S/C22H24N4OS/c1-14-12-23-20(11-19(14)17-7-8-17)21(27)10-16-5-4-6-18(9-16)15(2)28-22-25-24-13-26(22)3/h4-6,9,11-13,15,17H,7-8,10H2,1-3H3/t15-/m0/s1. The molecule has 0 radical (unpaired) electrons. The van der Waals surface area contributed by atoms with Crippen molar-refractivity contribution in [1.29, 1.82) is 0 Å². The van der Waals surface area contributed by atoms with Crippen molar-refractivity contribution in [3.63, 3.8) is 0 Å². The highest BCUT2D eigenvalue weighted by molar-refractivity contribution is 7.99. The topological polar surface area (TPSA) is 60.7 Å². The van der Waals surface area contributed by atoms with Gasteiger partial charge >= 0.3 is 0 Å². The molecule has 28 heavy (non-hydrogen) atoms. The van der Waals surface area contributed by atoms with Crippen LogP contribution in [0.4, 0.5) is 0 Å². The molecule has 0 spiro atoms. The van der Waals surface area contributed by atoms with Crippen molar-refractivity contribution in [3.8, 4) is 0 Å². The Hall–Kier alpha value is -2.47. The fourth-order valence-corrected chi connectivity index (χ4v) is 4.27. The zero-order chi connectivity index (χ0) is 19.7. The van der Waals surface area contributed by atoms with E-state index in [-0.39, 0.29) is 11.0 Å². The van der Waals surface area contributed by atoms with Crippen LogP contribution in [0.5, 0.6) is 0 Å². The second-order valence-electron chi connectivity index (χ2n) is 7.53. The predicted molar refractivity (Wildman–Crippen MR) is 111 cm³/mol. The number of carbonyl (C=O) groups is 1. The van der Waals surface area contributed by atoms with Crippen LogP contribution in [0.1, 0.15) is 63.7 Å². The lowest BCUT2D eigenvalue weighted by atomic mass is 10.0. The quantitative estimate of drug-likeness (QED) is 0.432. The maximum atomic E-state index is 12.8. The average Bonchev–Trinajstić information content (AvgIpc) is 3.45. The Kier molecular flexibility index (Phi) is 5.31. The minimum atomic E-state index is 0.0765. The first kappa shape index (κ1) is 18.9. The second-order valence-corrected chi connectivity index (χ2v) is 8.84. The van der Waals surface area contributed by atoms with Gasteiger partial charge in [0.2, 0.25) is 0 Å². The number of ketones is 1. The first-order chi connectivity index (χ1) is 13.5. The SMILES string of the molecule is Cc1cnc(C(=O)Cc2cccc([C@H](C)Sc3nncn3C)c2)cc1C1CC1. The summed E-state index contributed by atoms with van der Waals surface area (Å²) in [5, 5.41) is 9.17. The molecule has 4 rings (SSSR count). The molecule has 6 heteroatoms. The molecule has 0 saturated heterocycles. The van der Waals surface area contributed by atoms with Crippen molar-refractivity contribution in [2.75, 3.05) is 0 Å². The number of hydrogen-bond donors (Lipinski definition) is 0. The molecule has 2 heterocycles. The molecule has 0 amide bonds. The summed E-state index contributed by atoms with van der Waals surface area (Å²) >= 11 is 1.66. The predicted octanol–water partition coefficient (Wildman–Crippen LogP) is 4.67. The van der Waals surface area contributed by atoms with Gasteiger partial charge in [-0.05, 0) is 60.9 Å². The zero-order valence-electron chi connectivity index (χ0n) is 16.4. The summed E-state index contributed by atoms with van der Waals surface area (Å²) in [5.74, 6) is 0.698. The largest absolute Gasteiger partial charge is 0.312 e. The lowest BCUT2D eigenvalue weighted by Crippen LogP contribution is -2.08. The van der Waals surface area contributed by atoms with Crippen molar-refractivity contribution >= 4 is 17.5 Å². The Labute approximate surface area is 169 Å². The molecule has 2 aromatic heterocycles. The summed E-state index contributed by atoms with van der Waals surface area (Å²) in [5.41, 5.74) is 5.26.